The Bertz CT molecular complexity index is 55.7. The van der Waals surface area contributed by atoms with Crippen LogP contribution in [0.4, 0.5) is 0 Å². The van der Waals surface area contributed by atoms with Gasteiger partial charge in [0.2, 0.25) is 0 Å². The lowest BCUT2D eigenvalue weighted by molar-refractivity contribution is 1.54. The summed E-state index contributed by atoms with van der Waals surface area (Å²) < 4.78 is 0. The molecule has 0 heterocycles. The molecule has 0 aromatic rings. The van der Waals surface area contributed by atoms with Crippen molar-refractivity contribution in [3.63, 3.8) is 0 Å². The van der Waals surface area contributed by atoms with Crippen molar-refractivity contribution in [3.8, 4) is 6.07 Å². The van der Waals surface area contributed by atoms with Crippen molar-refractivity contribution in [2.24, 2.45) is 0 Å². The number of nitriles is 1. The van der Waals surface area contributed by atoms with Gasteiger partial charge in [-0.15, -0.1) is 37.2 Å². The molecule has 0 bridgehead atoms. The third-order valence-corrected chi connectivity index (χ3v) is 0.0913. The van der Waals surface area contributed by atoms with E-state index in [2.05, 4.69) is 6.58 Å². The fraction of sp³-hybridized carbons (Fsp3) is 0. The largest absolute Gasteiger partial charge is 0.193 e. The van der Waals surface area contributed by atoms with Gasteiger partial charge in [-0.1, -0.05) is 6.58 Å². The smallest absolute Gasteiger partial charge is 0.0905 e. The molecule has 0 amide bonds. The molecule has 0 N–H and O–H groups in total. The van der Waals surface area contributed by atoms with Crippen LogP contribution in [-0.4, -0.2) is 0 Å². The molecule has 1 nitrogen and oxygen atoms in total. The van der Waals surface area contributed by atoms with E-state index < -0.39 is 0 Å². The molecular weight excluding hydrogens is 156 g/mol. The molecule has 0 unspecified atom stereocenters. The fourth-order valence-electron chi connectivity index (χ4n) is 0. The van der Waals surface area contributed by atoms with E-state index in [1.54, 1.807) is 6.07 Å². The predicted molar refractivity (Wildman–Crippen MR) is 37.6 cm³/mol. The highest BCUT2D eigenvalue weighted by Gasteiger charge is 1.34. The van der Waals surface area contributed by atoms with Crippen LogP contribution in [0, 0.1) is 11.3 Å². The van der Waals surface area contributed by atoms with Gasteiger partial charge in [0.1, 0.15) is 0 Å². The molecule has 0 aromatic heterocycles. The zero-order valence-corrected chi connectivity index (χ0v) is 5.91. The molecule has 0 atom stereocenters. The molecule has 0 aliphatic rings. The third kappa shape index (κ3) is 84.7. The first-order valence-electron chi connectivity index (χ1n) is 0.921. The number of hydrogen-bond acceptors (Lipinski definition) is 1. The Morgan fingerprint density at radius 3 is 1.43 bits per heavy atom. The molecule has 4 heteroatoms. The predicted octanol–water partition coefficient (Wildman–Crippen LogP) is 1.96. The molecule has 0 radical (unpaired) electrons. The summed E-state index contributed by atoms with van der Waals surface area (Å²) in [6.07, 6.45) is 1.18. The highest BCUT2D eigenvalue weighted by Crippen LogP contribution is 1.41. The quantitative estimate of drug-likeness (QED) is 0.500. The highest BCUT2D eigenvalue weighted by atomic mass is 35.5. The van der Waals surface area contributed by atoms with Crippen LogP contribution in [-0.2, 0) is 0 Å². The van der Waals surface area contributed by atoms with Crippen molar-refractivity contribution in [1.82, 2.24) is 0 Å². The average molecular weight is 162 g/mol. The summed E-state index contributed by atoms with van der Waals surface area (Å²) in [5.74, 6) is 0. The van der Waals surface area contributed by atoms with Gasteiger partial charge in [0.15, 0.2) is 0 Å². The van der Waals surface area contributed by atoms with Crippen LogP contribution in [0.5, 0.6) is 0 Å². The maximum atomic E-state index is 7.51. The summed E-state index contributed by atoms with van der Waals surface area (Å²) in [5, 5.41) is 7.51. The van der Waals surface area contributed by atoms with E-state index in [9.17, 15) is 0 Å². The topological polar surface area (TPSA) is 23.8 Å². The second-order valence-corrected chi connectivity index (χ2v) is 0.333. The van der Waals surface area contributed by atoms with Crippen LogP contribution >= 0.6 is 37.2 Å². The Kier molecular flexibility index (Phi) is 141. The number of rotatable bonds is 0. The molecule has 7 heavy (non-hydrogen) atoms. The maximum Gasteiger partial charge on any atom is 0.0905 e. The Labute approximate surface area is 61.6 Å². The van der Waals surface area contributed by atoms with Gasteiger partial charge in [-0.25, -0.2) is 0 Å². The molecule has 0 rings (SSSR count). The van der Waals surface area contributed by atoms with E-state index >= 15 is 0 Å². The summed E-state index contributed by atoms with van der Waals surface area (Å²) in [7, 11) is 0. The van der Waals surface area contributed by atoms with Crippen molar-refractivity contribution in [2.45, 2.75) is 0 Å². The second-order valence-electron chi connectivity index (χ2n) is 0.333. The van der Waals surface area contributed by atoms with Gasteiger partial charge in [-0.05, 0) is 0 Å². The number of allylic oxidation sites excluding steroid dienone is 1. The van der Waals surface area contributed by atoms with Gasteiger partial charge >= 0.3 is 0 Å². The molecule has 0 spiro atoms. The lowest BCUT2D eigenvalue weighted by Crippen LogP contribution is -1.23. The minimum atomic E-state index is 0. The molecule has 0 fully saturated rings. The number of hydrogen-bond donors (Lipinski definition) is 0. The van der Waals surface area contributed by atoms with E-state index in [-0.39, 0.29) is 37.2 Å². The Balaban J connectivity index is -0.0000000150. The number of nitrogens with zero attached hydrogens (tertiary/aromatic N) is 1. The van der Waals surface area contributed by atoms with E-state index in [1.807, 2.05) is 0 Å². The van der Waals surface area contributed by atoms with Crippen LogP contribution in [0.1, 0.15) is 0 Å². The lowest BCUT2D eigenvalue weighted by Gasteiger charge is -1.31. The molecular formula is C3H6Cl3N. The monoisotopic (exact) mass is 161 g/mol. The van der Waals surface area contributed by atoms with Gasteiger partial charge in [-0.2, -0.15) is 5.26 Å². The van der Waals surface area contributed by atoms with Crippen molar-refractivity contribution in [3.05, 3.63) is 12.7 Å². The molecule has 44 valence electrons. The SMILES string of the molecule is C=CC#N.Cl.Cl.Cl. The summed E-state index contributed by atoms with van der Waals surface area (Å²) in [6.45, 7) is 3.12. The molecule has 0 saturated carbocycles. The van der Waals surface area contributed by atoms with Gasteiger partial charge in [0.25, 0.3) is 0 Å². The number of halogens is 3. The van der Waals surface area contributed by atoms with Gasteiger partial charge < -0.3 is 0 Å². The molecule has 0 aliphatic carbocycles. The van der Waals surface area contributed by atoms with E-state index in [0.29, 0.717) is 0 Å². The summed E-state index contributed by atoms with van der Waals surface area (Å²) >= 11 is 0. The Morgan fingerprint density at radius 2 is 1.43 bits per heavy atom. The third-order valence-electron chi connectivity index (χ3n) is 0.0913. The minimum Gasteiger partial charge on any atom is -0.193 e. The Hall–Kier alpha value is 0.1000. The zero-order chi connectivity index (χ0) is 3.41. The average Bonchev–Trinajstić information content (AvgIpc) is 1.37. The first kappa shape index (κ1) is 27.5. The second kappa shape index (κ2) is 36.0. The van der Waals surface area contributed by atoms with Crippen molar-refractivity contribution >= 4 is 37.2 Å². The van der Waals surface area contributed by atoms with E-state index in [4.69, 9.17) is 5.26 Å². The molecule has 0 aromatic carbocycles. The van der Waals surface area contributed by atoms with Gasteiger partial charge in [-0.3, -0.25) is 0 Å². The normalized spacial score (nSPS) is 2.14. The van der Waals surface area contributed by atoms with Crippen LogP contribution in [0.3, 0.4) is 0 Å². The van der Waals surface area contributed by atoms with Crippen LogP contribution in [0.15, 0.2) is 12.7 Å². The summed E-state index contributed by atoms with van der Waals surface area (Å²) in [5.41, 5.74) is 0. The van der Waals surface area contributed by atoms with Gasteiger partial charge in [0, 0.05) is 6.08 Å². The van der Waals surface area contributed by atoms with E-state index in [0.717, 1.165) is 0 Å². The van der Waals surface area contributed by atoms with Gasteiger partial charge in [0.05, 0.1) is 6.07 Å². The minimum absolute atomic E-state index is 0. The fourth-order valence-corrected chi connectivity index (χ4v) is 0. The van der Waals surface area contributed by atoms with Crippen LogP contribution < -0.4 is 0 Å². The van der Waals surface area contributed by atoms with Crippen LogP contribution in [0.2, 0.25) is 0 Å². The van der Waals surface area contributed by atoms with Crippen molar-refractivity contribution in [2.75, 3.05) is 0 Å². The molecule has 0 saturated heterocycles. The highest BCUT2D eigenvalue weighted by molar-refractivity contribution is 5.86. The van der Waals surface area contributed by atoms with E-state index in [1.165, 1.54) is 6.08 Å². The summed E-state index contributed by atoms with van der Waals surface area (Å²) in [4.78, 5) is 0. The summed E-state index contributed by atoms with van der Waals surface area (Å²) in [6, 6.07) is 1.69. The lowest BCUT2D eigenvalue weighted by atomic mass is 10.8. The molecule has 0 aliphatic heterocycles. The first-order valence-corrected chi connectivity index (χ1v) is 0.921. The standard InChI is InChI=1S/C3H3N.3ClH/c1-2-3-4;;;/h2H,1H2;3*1H. The first-order chi connectivity index (χ1) is 1.91. The Morgan fingerprint density at radius 1 is 1.29 bits per heavy atom. The van der Waals surface area contributed by atoms with Crippen molar-refractivity contribution in [1.29, 1.82) is 5.26 Å². The van der Waals surface area contributed by atoms with Crippen LogP contribution in [0.25, 0.3) is 0 Å². The van der Waals surface area contributed by atoms with Crippen molar-refractivity contribution < 1.29 is 0 Å². The zero-order valence-electron chi connectivity index (χ0n) is 3.46. The maximum absolute atomic E-state index is 7.51.